The molecule has 0 bridgehead atoms. The molecule has 3 nitrogen and oxygen atoms in total. The zero-order chi connectivity index (χ0) is 12.0. The second-order valence-corrected chi connectivity index (χ2v) is 3.68. The number of para-hydroxylation sites is 1. The van der Waals surface area contributed by atoms with Crippen LogP contribution in [0.25, 0.3) is 0 Å². The molecule has 0 aliphatic rings. The molecule has 0 radical (unpaired) electrons. The van der Waals surface area contributed by atoms with Crippen LogP contribution in [0.1, 0.15) is 25.3 Å². The van der Waals surface area contributed by atoms with Crippen molar-refractivity contribution in [2.24, 2.45) is 0 Å². The Balaban J connectivity index is 2.60. The molecule has 1 aromatic carbocycles. The van der Waals surface area contributed by atoms with Crippen LogP contribution >= 0.6 is 0 Å². The Hall–Kier alpha value is -1.66. The predicted octanol–water partition coefficient (Wildman–Crippen LogP) is 1.99. The summed E-state index contributed by atoms with van der Waals surface area (Å²) in [4.78, 5) is 0. The first-order valence-corrected chi connectivity index (χ1v) is 5.35. The molecule has 0 aliphatic carbocycles. The van der Waals surface area contributed by atoms with Gasteiger partial charge < -0.3 is 15.5 Å². The maximum absolute atomic E-state index is 9.58. The van der Waals surface area contributed by atoms with Crippen molar-refractivity contribution in [1.29, 1.82) is 0 Å². The Morgan fingerprint density at radius 2 is 2.19 bits per heavy atom. The largest absolute Gasteiger partial charge is 0.504 e. The first kappa shape index (κ1) is 12.4. The van der Waals surface area contributed by atoms with E-state index in [1.54, 1.807) is 12.1 Å². The molecule has 0 amide bonds. The van der Waals surface area contributed by atoms with Crippen molar-refractivity contribution in [3.05, 3.63) is 23.8 Å². The molecular weight excluding hydrogens is 202 g/mol. The van der Waals surface area contributed by atoms with Gasteiger partial charge in [0.1, 0.15) is 0 Å². The van der Waals surface area contributed by atoms with Crippen LogP contribution in [0.15, 0.2) is 18.2 Å². The van der Waals surface area contributed by atoms with E-state index in [0.29, 0.717) is 18.5 Å². The smallest absolute Gasteiger partial charge is 0.161 e. The summed E-state index contributed by atoms with van der Waals surface area (Å²) in [7, 11) is 0. The van der Waals surface area contributed by atoms with Crippen LogP contribution < -0.4 is 5.32 Å². The normalized spacial score (nSPS) is 12.0. The Kier molecular flexibility index (Phi) is 4.68. The van der Waals surface area contributed by atoms with E-state index in [1.165, 1.54) is 6.07 Å². The molecule has 0 heterocycles. The Bertz CT molecular complexity index is 382. The Morgan fingerprint density at radius 1 is 1.44 bits per heavy atom. The summed E-state index contributed by atoms with van der Waals surface area (Å²) in [6.07, 6.45) is 6.85. The van der Waals surface area contributed by atoms with Gasteiger partial charge in [-0.2, -0.15) is 0 Å². The lowest BCUT2D eigenvalue weighted by molar-refractivity contribution is 0.395. The van der Waals surface area contributed by atoms with E-state index in [9.17, 15) is 10.2 Å². The predicted molar refractivity (Wildman–Crippen MR) is 64.1 cm³/mol. The van der Waals surface area contributed by atoms with E-state index in [-0.39, 0.29) is 17.5 Å². The fourth-order valence-corrected chi connectivity index (χ4v) is 1.48. The van der Waals surface area contributed by atoms with E-state index >= 15 is 0 Å². The standard InChI is InChI=1S/C13H17NO2/c1-3-6-11(4-2)14-9-10-7-5-8-12(15)13(10)16/h1,5,7-8,11,14-16H,4,6,9H2,2H3. The van der Waals surface area contributed by atoms with Crippen molar-refractivity contribution >= 4 is 0 Å². The van der Waals surface area contributed by atoms with Crippen LogP contribution in [0, 0.1) is 12.3 Å². The third kappa shape index (κ3) is 3.18. The highest BCUT2D eigenvalue weighted by molar-refractivity contribution is 5.44. The zero-order valence-corrected chi connectivity index (χ0v) is 9.40. The average molecular weight is 219 g/mol. The van der Waals surface area contributed by atoms with Crippen molar-refractivity contribution in [1.82, 2.24) is 5.32 Å². The molecule has 0 spiro atoms. The summed E-state index contributed by atoms with van der Waals surface area (Å²) < 4.78 is 0. The summed E-state index contributed by atoms with van der Waals surface area (Å²) in [5, 5.41) is 22.1. The van der Waals surface area contributed by atoms with Crippen molar-refractivity contribution in [2.45, 2.75) is 32.4 Å². The van der Waals surface area contributed by atoms with Crippen molar-refractivity contribution in [3.63, 3.8) is 0 Å². The van der Waals surface area contributed by atoms with Gasteiger partial charge in [-0.3, -0.25) is 0 Å². The third-order valence-electron chi connectivity index (χ3n) is 2.54. The quantitative estimate of drug-likeness (QED) is 0.524. The zero-order valence-electron chi connectivity index (χ0n) is 9.40. The minimum atomic E-state index is -0.0932. The lowest BCUT2D eigenvalue weighted by Gasteiger charge is -2.14. The van der Waals surface area contributed by atoms with Gasteiger partial charge in [0.25, 0.3) is 0 Å². The van der Waals surface area contributed by atoms with E-state index < -0.39 is 0 Å². The molecule has 3 N–H and O–H groups in total. The van der Waals surface area contributed by atoms with Gasteiger partial charge in [-0.1, -0.05) is 19.1 Å². The highest BCUT2D eigenvalue weighted by Crippen LogP contribution is 2.27. The van der Waals surface area contributed by atoms with Crippen LogP contribution in [-0.4, -0.2) is 16.3 Å². The van der Waals surface area contributed by atoms with Crippen LogP contribution in [0.3, 0.4) is 0 Å². The van der Waals surface area contributed by atoms with Crippen LogP contribution in [-0.2, 0) is 6.54 Å². The molecule has 3 heteroatoms. The van der Waals surface area contributed by atoms with Crippen LogP contribution in [0.5, 0.6) is 11.5 Å². The van der Waals surface area contributed by atoms with Crippen molar-refractivity contribution in [3.8, 4) is 23.8 Å². The second kappa shape index (κ2) is 6.04. The molecule has 0 aromatic heterocycles. The molecule has 1 rings (SSSR count). The summed E-state index contributed by atoms with van der Waals surface area (Å²) in [5.41, 5.74) is 0.676. The van der Waals surface area contributed by atoms with E-state index in [4.69, 9.17) is 6.42 Å². The number of aromatic hydroxyl groups is 2. The van der Waals surface area contributed by atoms with Crippen LogP contribution in [0.4, 0.5) is 0 Å². The number of hydrogen-bond donors (Lipinski definition) is 3. The van der Waals surface area contributed by atoms with Crippen molar-refractivity contribution in [2.75, 3.05) is 0 Å². The fraction of sp³-hybridized carbons (Fsp3) is 0.385. The lowest BCUT2D eigenvalue weighted by Crippen LogP contribution is -2.27. The average Bonchev–Trinajstić information content (AvgIpc) is 2.29. The highest BCUT2D eigenvalue weighted by atomic mass is 16.3. The molecule has 1 unspecified atom stereocenters. The number of rotatable bonds is 5. The number of hydrogen-bond acceptors (Lipinski definition) is 3. The SMILES string of the molecule is C#CCC(CC)NCc1cccc(O)c1O. The molecule has 1 aromatic rings. The first-order chi connectivity index (χ1) is 7.69. The topological polar surface area (TPSA) is 52.5 Å². The minimum Gasteiger partial charge on any atom is -0.504 e. The van der Waals surface area contributed by atoms with E-state index in [0.717, 1.165) is 6.42 Å². The fourth-order valence-electron chi connectivity index (χ4n) is 1.48. The molecule has 0 fully saturated rings. The van der Waals surface area contributed by atoms with Gasteiger partial charge in [0, 0.05) is 24.6 Å². The third-order valence-corrected chi connectivity index (χ3v) is 2.54. The number of benzene rings is 1. The van der Waals surface area contributed by atoms with E-state index in [2.05, 4.69) is 18.2 Å². The number of terminal acetylenes is 1. The first-order valence-electron chi connectivity index (χ1n) is 5.35. The minimum absolute atomic E-state index is 0.0643. The summed E-state index contributed by atoms with van der Waals surface area (Å²) in [5.74, 6) is 2.45. The Labute approximate surface area is 96.1 Å². The molecular formula is C13H17NO2. The number of phenols is 2. The summed E-state index contributed by atoms with van der Waals surface area (Å²) >= 11 is 0. The molecule has 16 heavy (non-hydrogen) atoms. The molecule has 0 saturated heterocycles. The maximum atomic E-state index is 9.58. The maximum Gasteiger partial charge on any atom is 0.161 e. The highest BCUT2D eigenvalue weighted by Gasteiger charge is 2.08. The number of phenolic OH excluding ortho intramolecular Hbond substituents is 2. The molecule has 1 atom stereocenters. The molecule has 86 valence electrons. The van der Waals surface area contributed by atoms with E-state index in [1.807, 2.05) is 0 Å². The number of nitrogens with one attached hydrogen (secondary N) is 1. The monoisotopic (exact) mass is 219 g/mol. The van der Waals surface area contributed by atoms with Gasteiger partial charge in [-0.15, -0.1) is 12.3 Å². The Morgan fingerprint density at radius 3 is 2.81 bits per heavy atom. The van der Waals surface area contributed by atoms with Gasteiger partial charge in [-0.25, -0.2) is 0 Å². The van der Waals surface area contributed by atoms with Gasteiger partial charge in [0.15, 0.2) is 11.5 Å². The van der Waals surface area contributed by atoms with Gasteiger partial charge >= 0.3 is 0 Å². The summed E-state index contributed by atoms with van der Waals surface area (Å²) in [6, 6.07) is 5.17. The van der Waals surface area contributed by atoms with Gasteiger partial charge in [-0.05, 0) is 12.5 Å². The molecule has 0 saturated carbocycles. The van der Waals surface area contributed by atoms with Gasteiger partial charge in [0.05, 0.1) is 0 Å². The van der Waals surface area contributed by atoms with Crippen molar-refractivity contribution < 1.29 is 10.2 Å². The van der Waals surface area contributed by atoms with Crippen LogP contribution in [0.2, 0.25) is 0 Å². The second-order valence-electron chi connectivity index (χ2n) is 3.68. The lowest BCUT2D eigenvalue weighted by atomic mass is 10.1. The summed E-state index contributed by atoms with van der Waals surface area (Å²) in [6.45, 7) is 2.55. The van der Waals surface area contributed by atoms with Gasteiger partial charge in [0.2, 0.25) is 0 Å². The molecule has 0 aliphatic heterocycles.